The van der Waals surface area contributed by atoms with Crippen molar-refractivity contribution in [3.8, 4) is 10.8 Å². The van der Waals surface area contributed by atoms with Crippen LogP contribution >= 0.6 is 22.7 Å². The summed E-state index contributed by atoms with van der Waals surface area (Å²) in [5, 5.41) is 9.46. The number of rotatable bonds is 4. The zero-order valence-electron chi connectivity index (χ0n) is 12.0. The van der Waals surface area contributed by atoms with Crippen LogP contribution in [0.25, 0.3) is 10.8 Å². The van der Waals surface area contributed by atoms with Crippen LogP contribution in [0.4, 0.5) is 13.9 Å². The minimum atomic E-state index is -2.71. The summed E-state index contributed by atoms with van der Waals surface area (Å²) in [7, 11) is 0. The molecule has 120 valence electrons. The quantitative estimate of drug-likeness (QED) is 0.762. The summed E-state index contributed by atoms with van der Waals surface area (Å²) in [4.78, 5) is 16.9. The molecule has 10 heteroatoms. The van der Waals surface area contributed by atoms with E-state index in [9.17, 15) is 13.6 Å². The Morgan fingerprint density at radius 1 is 1.26 bits per heavy atom. The number of aryl methyl sites for hydroxylation is 2. The standard InChI is InChI=1S/C13H10F2N4O2S2/c1-5-3-4-7(21-5)11-16-6(2)8(22-11)10(20)17-13-19-18-12(23-13)9(14)15/h3-4,9H,1-2H3,(H,17,19,20). The molecule has 0 aliphatic carbocycles. The van der Waals surface area contributed by atoms with Gasteiger partial charge in [0.05, 0.1) is 5.69 Å². The molecule has 3 rings (SSSR count). The lowest BCUT2D eigenvalue weighted by atomic mass is 10.4. The molecule has 3 heterocycles. The van der Waals surface area contributed by atoms with Gasteiger partial charge in [-0.1, -0.05) is 11.3 Å². The molecule has 0 atom stereocenters. The summed E-state index contributed by atoms with van der Waals surface area (Å²) < 4.78 is 30.4. The van der Waals surface area contributed by atoms with Crippen molar-refractivity contribution in [1.82, 2.24) is 15.2 Å². The summed E-state index contributed by atoms with van der Waals surface area (Å²) in [6, 6.07) is 3.58. The SMILES string of the molecule is Cc1ccc(-c2nc(C)c(C(=O)Nc3nnc(C(F)F)s3)s2)o1. The molecular weight excluding hydrogens is 346 g/mol. The first kappa shape index (κ1) is 15.7. The molecule has 0 aromatic carbocycles. The van der Waals surface area contributed by atoms with Crippen molar-refractivity contribution in [2.24, 2.45) is 0 Å². The van der Waals surface area contributed by atoms with Gasteiger partial charge in [-0.3, -0.25) is 10.1 Å². The number of anilines is 1. The Bertz CT molecular complexity index is 856. The molecular formula is C13H10F2N4O2S2. The van der Waals surface area contributed by atoms with Gasteiger partial charge in [0.25, 0.3) is 12.3 Å². The number of thiazole rings is 1. The molecule has 0 aliphatic heterocycles. The van der Waals surface area contributed by atoms with Crippen molar-refractivity contribution in [1.29, 1.82) is 0 Å². The normalized spacial score (nSPS) is 11.2. The number of nitrogens with one attached hydrogen (secondary N) is 1. The maximum absolute atomic E-state index is 12.5. The van der Waals surface area contributed by atoms with E-state index in [-0.39, 0.29) is 5.13 Å². The van der Waals surface area contributed by atoms with Gasteiger partial charge in [-0.15, -0.1) is 21.5 Å². The van der Waals surface area contributed by atoms with Gasteiger partial charge in [0.1, 0.15) is 10.6 Å². The molecule has 6 nitrogen and oxygen atoms in total. The van der Waals surface area contributed by atoms with E-state index in [0.717, 1.165) is 17.1 Å². The Morgan fingerprint density at radius 2 is 2.04 bits per heavy atom. The van der Waals surface area contributed by atoms with E-state index >= 15 is 0 Å². The summed E-state index contributed by atoms with van der Waals surface area (Å²) in [6.45, 7) is 3.50. The van der Waals surface area contributed by atoms with Crippen LogP contribution in [-0.2, 0) is 0 Å². The highest BCUT2D eigenvalue weighted by Gasteiger charge is 2.20. The number of hydrogen-bond acceptors (Lipinski definition) is 7. The number of hydrogen-bond donors (Lipinski definition) is 1. The topological polar surface area (TPSA) is 80.9 Å². The molecule has 0 radical (unpaired) electrons. The van der Waals surface area contributed by atoms with E-state index in [1.807, 2.05) is 6.92 Å². The number of carbonyl (C=O) groups excluding carboxylic acids is 1. The number of nitrogens with zero attached hydrogens (tertiary/aromatic N) is 3. The predicted octanol–water partition coefficient (Wildman–Crippen LogP) is 4.06. The van der Waals surface area contributed by atoms with E-state index < -0.39 is 17.3 Å². The minimum Gasteiger partial charge on any atom is -0.459 e. The van der Waals surface area contributed by atoms with Crippen LogP contribution in [0.2, 0.25) is 0 Å². The van der Waals surface area contributed by atoms with Gasteiger partial charge in [0.15, 0.2) is 15.8 Å². The third-order valence-electron chi connectivity index (χ3n) is 2.80. The van der Waals surface area contributed by atoms with E-state index in [1.165, 1.54) is 0 Å². The van der Waals surface area contributed by atoms with Gasteiger partial charge >= 0.3 is 0 Å². The highest BCUT2D eigenvalue weighted by atomic mass is 32.1. The highest BCUT2D eigenvalue weighted by Crippen LogP contribution is 2.30. The summed E-state index contributed by atoms with van der Waals surface area (Å²) >= 11 is 1.80. The monoisotopic (exact) mass is 356 g/mol. The number of amides is 1. The van der Waals surface area contributed by atoms with Crippen molar-refractivity contribution in [3.05, 3.63) is 33.5 Å². The zero-order chi connectivity index (χ0) is 16.6. The third-order valence-corrected chi connectivity index (χ3v) is 4.82. The first-order valence-electron chi connectivity index (χ1n) is 6.41. The van der Waals surface area contributed by atoms with Gasteiger partial charge in [0.2, 0.25) is 5.13 Å². The largest absolute Gasteiger partial charge is 0.459 e. The van der Waals surface area contributed by atoms with Crippen molar-refractivity contribution >= 4 is 33.7 Å². The number of alkyl halides is 2. The molecule has 3 aromatic rings. The first-order chi connectivity index (χ1) is 10.9. The van der Waals surface area contributed by atoms with Crippen molar-refractivity contribution in [2.75, 3.05) is 5.32 Å². The Kier molecular flexibility index (Phi) is 4.18. The average molecular weight is 356 g/mol. The summed E-state index contributed by atoms with van der Waals surface area (Å²) in [5.41, 5.74) is 0.523. The van der Waals surface area contributed by atoms with Gasteiger partial charge in [-0.25, -0.2) is 13.8 Å². The fourth-order valence-electron chi connectivity index (χ4n) is 1.79. The molecule has 0 bridgehead atoms. The summed E-state index contributed by atoms with van der Waals surface area (Å²) in [6.07, 6.45) is -2.71. The Labute approximate surface area is 137 Å². The minimum absolute atomic E-state index is 0.0218. The van der Waals surface area contributed by atoms with Gasteiger partial charge in [-0.2, -0.15) is 0 Å². The lowest BCUT2D eigenvalue weighted by molar-refractivity contribution is 0.102. The number of carbonyl (C=O) groups is 1. The molecule has 1 amide bonds. The number of halogens is 2. The van der Waals surface area contributed by atoms with E-state index in [0.29, 0.717) is 32.7 Å². The molecule has 23 heavy (non-hydrogen) atoms. The molecule has 0 saturated carbocycles. The maximum Gasteiger partial charge on any atom is 0.291 e. The fourth-order valence-corrected chi connectivity index (χ4v) is 3.31. The molecule has 3 aromatic heterocycles. The van der Waals surface area contributed by atoms with Crippen LogP contribution in [0.3, 0.4) is 0 Å². The van der Waals surface area contributed by atoms with Gasteiger partial charge in [-0.05, 0) is 26.0 Å². The van der Waals surface area contributed by atoms with Crippen LogP contribution < -0.4 is 5.32 Å². The second kappa shape index (κ2) is 6.13. The van der Waals surface area contributed by atoms with Crippen LogP contribution in [0, 0.1) is 13.8 Å². The van der Waals surface area contributed by atoms with Crippen molar-refractivity contribution in [3.63, 3.8) is 0 Å². The van der Waals surface area contributed by atoms with Gasteiger partial charge in [0, 0.05) is 0 Å². The predicted molar refractivity (Wildman–Crippen MR) is 82.1 cm³/mol. The molecule has 0 aliphatic rings. The molecule has 0 unspecified atom stereocenters. The smallest absolute Gasteiger partial charge is 0.291 e. The van der Waals surface area contributed by atoms with Crippen LogP contribution in [0.1, 0.15) is 32.6 Å². The van der Waals surface area contributed by atoms with E-state index in [2.05, 4.69) is 20.5 Å². The Balaban J connectivity index is 1.80. The zero-order valence-corrected chi connectivity index (χ0v) is 13.6. The van der Waals surface area contributed by atoms with Crippen molar-refractivity contribution < 1.29 is 18.0 Å². The average Bonchev–Trinajstić information content (AvgIpc) is 3.18. The maximum atomic E-state index is 12.5. The van der Waals surface area contributed by atoms with Crippen LogP contribution in [0.5, 0.6) is 0 Å². The summed E-state index contributed by atoms with van der Waals surface area (Å²) in [5.74, 6) is 0.851. The van der Waals surface area contributed by atoms with Crippen molar-refractivity contribution in [2.45, 2.75) is 20.3 Å². The van der Waals surface area contributed by atoms with E-state index in [1.54, 1.807) is 19.1 Å². The fraction of sp³-hybridized carbons (Fsp3) is 0.231. The first-order valence-corrected chi connectivity index (χ1v) is 8.04. The Hall–Kier alpha value is -2.20. The molecule has 0 spiro atoms. The lowest BCUT2D eigenvalue weighted by Gasteiger charge is -1.97. The van der Waals surface area contributed by atoms with Crippen LogP contribution in [-0.4, -0.2) is 21.1 Å². The second-order valence-corrected chi connectivity index (χ2v) is 6.55. The molecule has 0 saturated heterocycles. The molecule has 0 fully saturated rings. The van der Waals surface area contributed by atoms with E-state index in [4.69, 9.17) is 4.42 Å². The van der Waals surface area contributed by atoms with Gasteiger partial charge < -0.3 is 4.42 Å². The lowest BCUT2D eigenvalue weighted by Crippen LogP contribution is -2.11. The number of aromatic nitrogens is 3. The molecule has 1 N–H and O–H groups in total. The second-order valence-electron chi connectivity index (χ2n) is 4.54. The Morgan fingerprint density at radius 3 is 2.65 bits per heavy atom. The third kappa shape index (κ3) is 3.27. The van der Waals surface area contributed by atoms with Crippen LogP contribution in [0.15, 0.2) is 16.5 Å². The highest BCUT2D eigenvalue weighted by molar-refractivity contribution is 7.17. The number of furan rings is 1.